The molecular formula is C31H38N4O4. The number of aromatic amines is 1. The van der Waals surface area contributed by atoms with Crippen molar-refractivity contribution in [3.05, 3.63) is 59.4 Å². The molecule has 2 aromatic carbocycles. The van der Waals surface area contributed by atoms with Gasteiger partial charge in [0.2, 0.25) is 11.8 Å². The van der Waals surface area contributed by atoms with Crippen LogP contribution in [0, 0.1) is 11.3 Å². The van der Waals surface area contributed by atoms with E-state index < -0.39 is 11.5 Å². The number of methoxy groups -OCH3 is 1. The maximum Gasteiger partial charge on any atom is 0.243 e. The Hall–Kier alpha value is -3.39. The summed E-state index contributed by atoms with van der Waals surface area (Å²) in [5.41, 5.74) is 2.67. The molecule has 3 fully saturated rings. The lowest BCUT2D eigenvalue weighted by atomic mass is 9.41. The van der Waals surface area contributed by atoms with Crippen LogP contribution < -0.4 is 15.4 Å². The van der Waals surface area contributed by atoms with E-state index in [-0.39, 0.29) is 35.9 Å². The number of ether oxygens (including phenoxy) is 2. The van der Waals surface area contributed by atoms with E-state index in [0.29, 0.717) is 12.5 Å². The molecule has 2 bridgehead atoms. The first-order valence-electron chi connectivity index (χ1n) is 14.1. The largest absolute Gasteiger partial charge is 0.490 e. The number of benzene rings is 2. The van der Waals surface area contributed by atoms with Crippen molar-refractivity contribution in [2.24, 2.45) is 11.3 Å². The summed E-state index contributed by atoms with van der Waals surface area (Å²) in [6, 6.07) is 13.6. The van der Waals surface area contributed by atoms with Gasteiger partial charge < -0.3 is 25.1 Å². The van der Waals surface area contributed by atoms with Crippen molar-refractivity contribution in [3.63, 3.8) is 0 Å². The summed E-state index contributed by atoms with van der Waals surface area (Å²) < 4.78 is 11.6. The average molecular weight is 531 g/mol. The van der Waals surface area contributed by atoms with Crippen LogP contribution in [0.5, 0.6) is 5.75 Å². The van der Waals surface area contributed by atoms with Crippen molar-refractivity contribution in [1.82, 2.24) is 20.6 Å². The molecule has 4 atom stereocenters. The summed E-state index contributed by atoms with van der Waals surface area (Å²) in [7, 11) is 1.60. The van der Waals surface area contributed by atoms with E-state index in [1.807, 2.05) is 50.2 Å². The number of nitrogens with zero attached hydrogens (tertiary/aromatic N) is 1. The number of likely N-dealkylation sites (N-methyl/N-ethyl adjacent to an activating group) is 1. The van der Waals surface area contributed by atoms with Gasteiger partial charge in [-0.1, -0.05) is 24.3 Å². The number of para-hydroxylation sites is 1. The van der Waals surface area contributed by atoms with Gasteiger partial charge >= 0.3 is 0 Å². The number of aromatic nitrogens is 2. The number of hydrogen-bond donors (Lipinski definition) is 3. The molecule has 2 unspecified atom stereocenters. The second kappa shape index (κ2) is 9.66. The zero-order valence-corrected chi connectivity index (χ0v) is 23.2. The van der Waals surface area contributed by atoms with Crippen LogP contribution in [0.3, 0.4) is 0 Å². The number of rotatable bonds is 10. The Kier molecular flexibility index (Phi) is 6.41. The number of nitrogens with one attached hydrogen (secondary N) is 3. The predicted molar refractivity (Wildman–Crippen MR) is 149 cm³/mol. The number of hydrogen-bond acceptors (Lipinski definition) is 5. The van der Waals surface area contributed by atoms with Crippen LogP contribution in [0.4, 0.5) is 0 Å². The molecule has 0 saturated heterocycles. The van der Waals surface area contributed by atoms with Crippen LogP contribution in [-0.4, -0.2) is 54.2 Å². The number of fused-ring (bicyclic) bond motifs is 2. The third-order valence-electron chi connectivity index (χ3n) is 9.30. The molecule has 0 radical (unpaired) electrons. The first-order valence-corrected chi connectivity index (χ1v) is 14.1. The molecule has 2 amide bonds. The van der Waals surface area contributed by atoms with E-state index in [9.17, 15) is 9.59 Å². The van der Waals surface area contributed by atoms with Gasteiger partial charge in [0, 0.05) is 37.0 Å². The Balaban J connectivity index is 1.25. The molecule has 1 aromatic heterocycles. The first-order chi connectivity index (χ1) is 18.8. The number of H-pyrrole nitrogens is 1. The Labute approximate surface area is 229 Å². The fourth-order valence-corrected chi connectivity index (χ4v) is 6.95. The van der Waals surface area contributed by atoms with Gasteiger partial charge in [-0.25, -0.2) is 4.98 Å². The monoisotopic (exact) mass is 530 g/mol. The van der Waals surface area contributed by atoms with Gasteiger partial charge in [-0.2, -0.15) is 0 Å². The van der Waals surface area contributed by atoms with Crippen LogP contribution >= 0.6 is 0 Å². The SMILES string of the molecule is CCNC(=O)[C@H](NC(=O)C(C)(COC)c1ccc2nc(C[C@H]3c4ccccc4OC3C)[nH]c2c1)C12CC(C1)C2. The maximum absolute atomic E-state index is 13.9. The molecule has 3 N–H and O–H groups in total. The number of imidazole rings is 1. The molecule has 3 aliphatic carbocycles. The van der Waals surface area contributed by atoms with Crippen LogP contribution in [0.25, 0.3) is 11.0 Å². The van der Waals surface area contributed by atoms with Gasteiger partial charge in [0.15, 0.2) is 0 Å². The Morgan fingerprint density at radius 2 is 2.00 bits per heavy atom. The minimum absolute atomic E-state index is 0.0683. The summed E-state index contributed by atoms with van der Waals surface area (Å²) in [4.78, 5) is 35.2. The van der Waals surface area contributed by atoms with Crippen molar-refractivity contribution >= 4 is 22.8 Å². The second-order valence-electron chi connectivity index (χ2n) is 12.0. The molecule has 39 heavy (non-hydrogen) atoms. The highest BCUT2D eigenvalue weighted by atomic mass is 16.5. The van der Waals surface area contributed by atoms with Crippen LogP contribution in [0.15, 0.2) is 42.5 Å². The van der Waals surface area contributed by atoms with Gasteiger partial charge in [0.1, 0.15) is 23.7 Å². The van der Waals surface area contributed by atoms with E-state index in [2.05, 4.69) is 28.6 Å². The highest BCUT2D eigenvalue weighted by molar-refractivity contribution is 5.94. The van der Waals surface area contributed by atoms with Crippen LogP contribution in [0.2, 0.25) is 0 Å². The molecule has 4 aliphatic rings. The topological polar surface area (TPSA) is 105 Å². The normalized spacial score (nSPS) is 26.9. The average Bonchev–Trinajstić information content (AvgIpc) is 3.41. The second-order valence-corrected chi connectivity index (χ2v) is 12.0. The minimum Gasteiger partial charge on any atom is -0.490 e. The summed E-state index contributed by atoms with van der Waals surface area (Å²) >= 11 is 0. The van der Waals surface area contributed by atoms with Crippen LogP contribution in [-0.2, 0) is 26.2 Å². The van der Waals surface area contributed by atoms with Crippen molar-refractivity contribution in [3.8, 4) is 5.75 Å². The highest BCUT2D eigenvalue weighted by Gasteiger charge is 2.63. The number of amides is 2. The number of carbonyl (C=O) groups excluding carboxylic acids is 2. The van der Waals surface area contributed by atoms with Gasteiger partial charge in [-0.15, -0.1) is 0 Å². The standard InChI is InChI=1S/C31H38N4O4/c1-5-32-28(36)27(31-14-19(15-31)16-31)35-29(37)30(3,17-38-4)20-10-11-23-24(12-20)34-26(33-23)13-22-18(2)39-25-9-7-6-8-21(22)25/h6-12,18-19,22,27H,5,13-17H2,1-4H3,(H,32,36)(H,33,34)(H,35,37)/t18?,19?,22-,27+,30?,31?/m1/s1. The van der Waals surface area contributed by atoms with Gasteiger partial charge in [0.05, 0.1) is 23.1 Å². The maximum atomic E-state index is 13.9. The quantitative estimate of drug-likeness (QED) is 0.368. The predicted octanol–water partition coefficient (Wildman–Crippen LogP) is 4.00. The van der Waals surface area contributed by atoms with E-state index in [0.717, 1.165) is 53.9 Å². The summed E-state index contributed by atoms with van der Waals surface area (Å²) in [6.45, 7) is 6.62. The molecule has 3 saturated carbocycles. The van der Waals surface area contributed by atoms with E-state index in [1.54, 1.807) is 7.11 Å². The lowest BCUT2D eigenvalue weighted by molar-refractivity contribution is -0.162. The van der Waals surface area contributed by atoms with Crippen molar-refractivity contribution in [2.75, 3.05) is 20.3 Å². The zero-order chi connectivity index (χ0) is 27.4. The molecule has 7 rings (SSSR count). The third kappa shape index (κ3) is 4.29. The first kappa shape index (κ1) is 25.9. The molecule has 206 valence electrons. The molecule has 2 heterocycles. The van der Waals surface area contributed by atoms with Gasteiger partial charge in [-0.05, 0) is 69.7 Å². The fourth-order valence-electron chi connectivity index (χ4n) is 6.95. The smallest absolute Gasteiger partial charge is 0.243 e. The minimum atomic E-state index is -0.977. The van der Waals surface area contributed by atoms with Gasteiger partial charge in [-0.3, -0.25) is 9.59 Å². The zero-order valence-electron chi connectivity index (χ0n) is 23.2. The van der Waals surface area contributed by atoms with Crippen molar-refractivity contribution in [1.29, 1.82) is 0 Å². The molecule has 0 spiro atoms. The summed E-state index contributed by atoms with van der Waals surface area (Å²) in [5.74, 6) is 2.46. The van der Waals surface area contributed by atoms with E-state index >= 15 is 0 Å². The Bertz CT molecular complexity index is 1400. The summed E-state index contributed by atoms with van der Waals surface area (Å²) in [5, 5.41) is 6.08. The molecule has 8 nitrogen and oxygen atoms in total. The lowest BCUT2D eigenvalue weighted by Crippen LogP contribution is -2.69. The molecule has 3 aromatic rings. The van der Waals surface area contributed by atoms with Crippen molar-refractivity contribution in [2.45, 2.75) is 69.9 Å². The van der Waals surface area contributed by atoms with Crippen molar-refractivity contribution < 1.29 is 19.1 Å². The Morgan fingerprint density at radius 3 is 2.69 bits per heavy atom. The molecule has 8 heteroatoms. The number of carbonyl (C=O) groups is 2. The summed E-state index contributed by atoms with van der Waals surface area (Å²) in [6.07, 6.45) is 3.82. The lowest BCUT2D eigenvalue weighted by Gasteiger charge is -2.64. The third-order valence-corrected chi connectivity index (χ3v) is 9.30. The van der Waals surface area contributed by atoms with E-state index in [4.69, 9.17) is 14.5 Å². The fraction of sp³-hybridized carbons (Fsp3) is 0.516. The van der Waals surface area contributed by atoms with Crippen LogP contribution in [0.1, 0.15) is 62.9 Å². The Morgan fingerprint density at radius 1 is 1.23 bits per heavy atom. The van der Waals surface area contributed by atoms with Gasteiger partial charge in [0.25, 0.3) is 0 Å². The molecular weight excluding hydrogens is 492 g/mol. The van der Waals surface area contributed by atoms with E-state index in [1.165, 1.54) is 5.56 Å². The molecule has 1 aliphatic heterocycles. The highest BCUT2D eigenvalue weighted by Crippen LogP contribution is 2.66.